The first-order valence-electron chi connectivity index (χ1n) is 5.93. The van der Waals surface area contributed by atoms with Crippen molar-refractivity contribution in [2.45, 2.75) is 31.1 Å². The van der Waals surface area contributed by atoms with Crippen LogP contribution in [0.25, 0.3) is 0 Å². The zero-order valence-corrected chi connectivity index (χ0v) is 10.4. The van der Waals surface area contributed by atoms with Crippen LogP contribution in [0.4, 0.5) is 8.78 Å². The number of ether oxygens (including phenoxy) is 1. The number of aliphatic carboxylic acids is 1. The van der Waals surface area contributed by atoms with Crippen LogP contribution in [0.5, 0.6) is 11.5 Å². The molecular formula is C13H14F2O4. The summed E-state index contributed by atoms with van der Waals surface area (Å²) in [4.78, 5) is 11.5. The van der Waals surface area contributed by atoms with Gasteiger partial charge in [-0.2, -0.15) is 0 Å². The molecule has 1 aromatic rings. The van der Waals surface area contributed by atoms with Gasteiger partial charge in [0.15, 0.2) is 23.1 Å². The lowest BCUT2D eigenvalue weighted by atomic mass is 9.78. The molecule has 19 heavy (non-hydrogen) atoms. The largest absolute Gasteiger partial charge is 0.505 e. The van der Waals surface area contributed by atoms with E-state index in [1.54, 1.807) is 0 Å². The van der Waals surface area contributed by atoms with Gasteiger partial charge >= 0.3 is 5.97 Å². The Morgan fingerprint density at radius 2 is 1.89 bits per heavy atom. The van der Waals surface area contributed by atoms with Gasteiger partial charge in [0, 0.05) is 11.6 Å². The van der Waals surface area contributed by atoms with Gasteiger partial charge in [0.1, 0.15) is 0 Å². The SMILES string of the molecule is COc1cc(O)c(F)c(C2(C(=O)O)CCCC2)c1F. The van der Waals surface area contributed by atoms with Crippen LogP contribution in [0.15, 0.2) is 6.07 Å². The molecule has 1 saturated carbocycles. The second kappa shape index (κ2) is 4.68. The van der Waals surface area contributed by atoms with E-state index in [4.69, 9.17) is 4.74 Å². The monoisotopic (exact) mass is 272 g/mol. The number of benzene rings is 1. The summed E-state index contributed by atoms with van der Waals surface area (Å²) in [6.07, 6.45) is 1.43. The van der Waals surface area contributed by atoms with Gasteiger partial charge in [-0.15, -0.1) is 0 Å². The Morgan fingerprint density at radius 3 is 2.37 bits per heavy atom. The maximum atomic E-state index is 14.2. The van der Waals surface area contributed by atoms with E-state index in [0.29, 0.717) is 12.8 Å². The fraction of sp³-hybridized carbons (Fsp3) is 0.462. The van der Waals surface area contributed by atoms with Crippen molar-refractivity contribution in [3.8, 4) is 11.5 Å². The predicted molar refractivity (Wildman–Crippen MR) is 62.4 cm³/mol. The summed E-state index contributed by atoms with van der Waals surface area (Å²) in [5.74, 6) is -4.72. The van der Waals surface area contributed by atoms with Gasteiger partial charge < -0.3 is 14.9 Å². The lowest BCUT2D eigenvalue weighted by Crippen LogP contribution is -2.35. The maximum Gasteiger partial charge on any atom is 0.314 e. The fourth-order valence-electron chi connectivity index (χ4n) is 2.72. The first kappa shape index (κ1) is 13.6. The standard InChI is InChI=1S/C13H14F2O4/c1-19-8-6-7(16)10(14)9(11(8)15)13(12(17)18)4-2-3-5-13/h6,16H,2-5H2,1H3,(H,17,18). The predicted octanol–water partition coefficient (Wildman–Crippen LogP) is 2.58. The summed E-state index contributed by atoms with van der Waals surface area (Å²) < 4.78 is 33.0. The average Bonchev–Trinajstić information content (AvgIpc) is 2.84. The minimum atomic E-state index is -1.62. The van der Waals surface area contributed by atoms with Gasteiger partial charge in [-0.25, -0.2) is 8.78 Å². The lowest BCUT2D eigenvalue weighted by molar-refractivity contribution is -0.143. The number of hydrogen-bond acceptors (Lipinski definition) is 3. The van der Waals surface area contributed by atoms with Gasteiger partial charge in [-0.05, 0) is 12.8 Å². The van der Waals surface area contributed by atoms with Crippen LogP contribution in [0.2, 0.25) is 0 Å². The number of aromatic hydroxyl groups is 1. The summed E-state index contributed by atoms with van der Waals surface area (Å²) in [7, 11) is 1.17. The average molecular weight is 272 g/mol. The summed E-state index contributed by atoms with van der Waals surface area (Å²) >= 11 is 0. The number of halogens is 2. The van der Waals surface area contributed by atoms with Crippen molar-refractivity contribution in [2.24, 2.45) is 0 Å². The molecule has 0 unspecified atom stereocenters. The van der Waals surface area contributed by atoms with E-state index >= 15 is 0 Å². The van der Waals surface area contributed by atoms with Crippen LogP contribution < -0.4 is 4.74 Å². The Balaban J connectivity index is 2.73. The zero-order valence-electron chi connectivity index (χ0n) is 10.4. The maximum absolute atomic E-state index is 14.2. The molecule has 0 bridgehead atoms. The third kappa shape index (κ3) is 1.91. The van der Waals surface area contributed by atoms with E-state index in [9.17, 15) is 23.8 Å². The number of phenolic OH excluding ortho intramolecular Hbond substituents is 1. The summed E-state index contributed by atoms with van der Waals surface area (Å²) in [6, 6.07) is 0.804. The molecule has 0 aromatic heterocycles. The highest BCUT2D eigenvalue weighted by atomic mass is 19.1. The topological polar surface area (TPSA) is 66.8 Å². The Bertz CT molecular complexity index is 522. The molecule has 0 aliphatic heterocycles. The molecule has 4 nitrogen and oxygen atoms in total. The van der Waals surface area contributed by atoms with Crippen molar-refractivity contribution in [1.29, 1.82) is 0 Å². The number of carbonyl (C=O) groups is 1. The van der Waals surface area contributed by atoms with Gasteiger partial charge in [0.2, 0.25) is 0 Å². The van der Waals surface area contributed by atoms with Crippen LogP contribution in [-0.4, -0.2) is 23.3 Å². The second-order valence-electron chi connectivity index (χ2n) is 4.70. The summed E-state index contributed by atoms with van der Waals surface area (Å²) in [6.45, 7) is 0. The smallest absolute Gasteiger partial charge is 0.314 e. The van der Waals surface area contributed by atoms with E-state index in [-0.39, 0.29) is 18.6 Å². The van der Waals surface area contributed by atoms with E-state index in [1.807, 2.05) is 0 Å². The molecule has 104 valence electrons. The molecule has 0 saturated heterocycles. The van der Waals surface area contributed by atoms with Gasteiger partial charge in [0.05, 0.1) is 12.5 Å². The quantitative estimate of drug-likeness (QED) is 0.887. The van der Waals surface area contributed by atoms with E-state index < -0.39 is 34.3 Å². The zero-order chi connectivity index (χ0) is 14.2. The Morgan fingerprint density at radius 1 is 1.32 bits per heavy atom. The van der Waals surface area contributed by atoms with Crippen LogP contribution in [0.1, 0.15) is 31.2 Å². The first-order valence-corrected chi connectivity index (χ1v) is 5.93. The van der Waals surface area contributed by atoms with Crippen LogP contribution >= 0.6 is 0 Å². The minimum Gasteiger partial charge on any atom is -0.505 e. The Labute approximate surface area is 108 Å². The molecule has 2 N–H and O–H groups in total. The molecule has 0 heterocycles. The van der Waals surface area contributed by atoms with E-state index in [2.05, 4.69) is 0 Å². The van der Waals surface area contributed by atoms with Crippen molar-refractivity contribution in [2.75, 3.05) is 7.11 Å². The van der Waals surface area contributed by atoms with Gasteiger partial charge in [-0.3, -0.25) is 4.79 Å². The molecule has 1 aliphatic rings. The van der Waals surface area contributed by atoms with Crippen LogP contribution in [0, 0.1) is 11.6 Å². The number of carboxylic acids is 1. The Hall–Kier alpha value is -1.85. The van der Waals surface area contributed by atoms with Crippen molar-refractivity contribution in [3.05, 3.63) is 23.3 Å². The van der Waals surface area contributed by atoms with Gasteiger partial charge in [-0.1, -0.05) is 12.8 Å². The lowest BCUT2D eigenvalue weighted by Gasteiger charge is -2.26. The van der Waals surface area contributed by atoms with Crippen molar-refractivity contribution >= 4 is 5.97 Å². The molecule has 1 fully saturated rings. The molecule has 0 spiro atoms. The number of carboxylic acid groups (broad SMARTS) is 1. The number of rotatable bonds is 3. The number of phenols is 1. The summed E-state index contributed by atoms with van der Waals surface area (Å²) in [5, 5.41) is 18.8. The van der Waals surface area contributed by atoms with Crippen molar-refractivity contribution in [3.63, 3.8) is 0 Å². The normalized spacial score (nSPS) is 17.4. The number of methoxy groups -OCH3 is 1. The highest BCUT2D eigenvalue weighted by Crippen LogP contribution is 2.46. The molecule has 6 heteroatoms. The molecule has 0 amide bonds. The molecule has 0 radical (unpaired) electrons. The van der Waals surface area contributed by atoms with Crippen LogP contribution in [0.3, 0.4) is 0 Å². The molecular weight excluding hydrogens is 258 g/mol. The number of hydrogen-bond donors (Lipinski definition) is 2. The van der Waals surface area contributed by atoms with Crippen molar-refractivity contribution < 1.29 is 28.5 Å². The summed E-state index contributed by atoms with van der Waals surface area (Å²) in [5.41, 5.74) is -2.23. The fourth-order valence-corrected chi connectivity index (χ4v) is 2.72. The van der Waals surface area contributed by atoms with Crippen LogP contribution in [-0.2, 0) is 10.2 Å². The van der Waals surface area contributed by atoms with E-state index in [1.165, 1.54) is 7.11 Å². The molecule has 0 atom stereocenters. The second-order valence-corrected chi connectivity index (χ2v) is 4.70. The van der Waals surface area contributed by atoms with Gasteiger partial charge in [0.25, 0.3) is 0 Å². The highest BCUT2D eigenvalue weighted by Gasteiger charge is 2.48. The van der Waals surface area contributed by atoms with E-state index in [0.717, 1.165) is 6.07 Å². The third-order valence-corrected chi connectivity index (χ3v) is 3.71. The van der Waals surface area contributed by atoms with Crippen molar-refractivity contribution in [1.82, 2.24) is 0 Å². The molecule has 2 rings (SSSR count). The molecule has 1 aromatic carbocycles. The minimum absolute atomic E-state index is 0.142. The highest BCUT2D eigenvalue weighted by molar-refractivity contribution is 5.82. The molecule has 1 aliphatic carbocycles. The third-order valence-electron chi connectivity index (χ3n) is 3.71. The Kier molecular flexibility index (Phi) is 3.34. The first-order chi connectivity index (χ1) is 8.94.